The Morgan fingerprint density at radius 3 is 2.73 bits per heavy atom. The number of pyridine rings is 1. The second kappa shape index (κ2) is 12.0. The highest BCUT2D eigenvalue weighted by molar-refractivity contribution is 6.34. The van der Waals surface area contributed by atoms with Gasteiger partial charge in [0.1, 0.15) is 34.9 Å². The first kappa shape index (κ1) is 27.5. The van der Waals surface area contributed by atoms with Crippen LogP contribution in [0.3, 0.4) is 0 Å². The van der Waals surface area contributed by atoms with Crippen molar-refractivity contribution in [2.45, 2.75) is 18.9 Å². The van der Waals surface area contributed by atoms with Crippen molar-refractivity contribution in [2.24, 2.45) is 0 Å². The number of aliphatic hydroxyl groups excluding tert-OH is 1. The smallest absolute Gasteiger partial charge is 0.253 e. The van der Waals surface area contributed by atoms with Gasteiger partial charge < -0.3 is 28.6 Å². The molecule has 0 radical (unpaired) electrons. The first-order valence-electron chi connectivity index (χ1n) is 12.8. The third kappa shape index (κ3) is 5.47. The van der Waals surface area contributed by atoms with Gasteiger partial charge in [0, 0.05) is 49.8 Å². The molecule has 0 saturated carbocycles. The van der Waals surface area contributed by atoms with Gasteiger partial charge in [0.25, 0.3) is 5.91 Å². The number of halogens is 1. The number of carbonyl (C=O) groups is 1. The molecule has 1 amide bonds. The number of amides is 1. The van der Waals surface area contributed by atoms with E-state index in [9.17, 15) is 10.1 Å². The molecule has 0 spiro atoms. The molecule has 10 heteroatoms. The van der Waals surface area contributed by atoms with Crippen LogP contribution in [0.25, 0.3) is 33.6 Å². The van der Waals surface area contributed by atoms with Crippen LogP contribution in [0.4, 0.5) is 0 Å². The Morgan fingerprint density at radius 2 is 2.00 bits per heavy atom. The van der Waals surface area contributed by atoms with Gasteiger partial charge in [0.05, 0.1) is 43.1 Å². The lowest BCUT2D eigenvalue weighted by Crippen LogP contribution is -2.29. The molecule has 0 aliphatic carbocycles. The summed E-state index contributed by atoms with van der Waals surface area (Å²) in [5.74, 6) is 1.20. The van der Waals surface area contributed by atoms with Gasteiger partial charge in [0.15, 0.2) is 5.58 Å². The summed E-state index contributed by atoms with van der Waals surface area (Å²) in [6.45, 7) is 1.37. The number of furan rings is 1. The Morgan fingerprint density at radius 1 is 1.20 bits per heavy atom. The average Bonchev–Trinajstić information content (AvgIpc) is 3.41. The minimum Gasteiger partial charge on any atom is -0.496 e. The van der Waals surface area contributed by atoms with E-state index < -0.39 is 0 Å². The van der Waals surface area contributed by atoms with Gasteiger partial charge in [0.2, 0.25) is 0 Å². The van der Waals surface area contributed by atoms with E-state index in [-0.39, 0.29) is 25.2 Å². The summed E-state index contributed by atoms with van der Waals surface area (Å²) < 4.78 is 23.4. The van der Waals surface area contributed by atoms with E-state index in [1.165, 1.54) is 12.0 Å². The summed E-state index contributed by atoms with van der Waals surface area (Å²) in [5, 5.41) is 19.4. The zero-order chi connectivity index (χ0) is 28.2. The van der Waals surface area contributed by atoms with Crippen molar-refractivity contribution in [3.63, 3.8) is 0 Å². The van der Waals surface area contributed by atoms with Crippen LogP contribution in [-0.4, -0.2) is 67.5 Å². The summed E-state index contributed by atoms with van der Waals surface area (Å²) >= 11 is 6.62. The van der Waals surface area contributed by atoms with Crippen molar-refractivity contribution < 1.29 is 28.5 Å². The number of hydrogen-bond acceptors (Lipinski definition) is 8. The predicted octanol–water partition coefficient (Wildman–Crippen LogP) is 5.32. The number of nitrogens with zero attached hydrogens (tertiary/aromatic N) is 3. The highest BCUT2D eigenvalue weighted by Crippen LogP contribution is 2.41. The molecule has 4 aromatic rings. The molecule has 5 rings (SSSR count). The summed E-state index contributed by atoms with van der Waals surface area (Å²) in [4.78, 5) is 18.6. The molecule has 0 unspecified atom stereocenters. The topological polar surface area (TPSA) is 118 Å². The monoisotopic (exact) mass is 561 g/mol. The summed E-state index contributed by atoms with van der Waals surface area (Å²) in [7, 11) is 3.14. The Hall–Kier alpha value is -4.10. The normalized spacial score (nSPS) is 13.7. The van der Waals surface area contributed by atoms with E-state index in [1.807, 2.05) is 6.07 Å². The molecular formula is C30H28ClN3O6. The predicted molar refractivity (Wildman–Crippen MR) is 150 cm³/mol. The van der Waals surface area contributed by atoms with Gasteiger partial charge in [-0.3, -0.25) is 9.78 Å². The molecule has 1 N–H and O–H groups in total. The summed E-state index contributed by atoms with van der Waals surface area (Å²) in [6.07, 6.45) is 3.10. The first-order valence-corrected chi connectivity index (χ1v) is 13.2. The highest BCUT2D eigenvalue weighted by atomic mass is 35.5. The number of rotatable bonds is 8. The van der Waals surface area contributed by atoms with Gasteiger partial charge in [-0.1, -0.05) is 17.7 Å². The van der Waals surface area contributed by atoms with Gasteiger partial charge in [-0.25, -0.2) is 0 Å². The Kier molecular flexibility index (Phi) is 8.21. The quantitative estimate of drug-likeness (QED) is 0.307. The van der Waals surface area contributed by atoms with Crippen LogP contribution in [0.2, 0.25) is 5.02 Å². The van der Waals surface area contributed by atoms with Crippen LogP contribution in [-0.2, 0) is 4.74 Å². The Bertz CT molecular complexity index is 1590. The van der Waals surface area contributed by atoms with Crippen molar-refractivity contribution in [3.05, 3.63) is 64.8 Å². The van der Waals surface area contributed by atoms with Gasteiger partial charge in [-0.2, -0.15) is 5.26 Å². The number of benzene rings is 2. The molecule has 2 aromatic heterocycles. The van der Waals surface area contributed by atoms with Crippen LogP contribution in [0.15, 0.2) is 53.1 Å². The number of methoxy groups -OCH3 is 1. The van der Waals surface area contributed by atoms with Gasteiger partial charge in [-0.15, -0.1) is 0 Å². The molecule has 206 valence electrons. The lowest BCUT2D eigenvalue weighted by atomic mass is 10.0. The van der Waals surface area contributed by atoms with Crippen LogP contribution < -0.4 is 9.47 Å². The number of nitriles is 1. The fraction of sp³-hybridized carbons (Fsp3) is 0.300. The second-order valence-electron chi connectivity index (χ2n) is 9.42. The molecule has 0 bridgehead atoms. The molecule has 0 atom stereocenters. The van der Waals surface area contributed by atoms with Crippen molar-refractivity contribution in [2.75, 3.05) is 40.5 Å². The molecule has 3 heterocycles. The van der Waals surface area contributed by atoms with Crippen molar-refractivity contribution in [1.82, 2.24) is 9.88 Å². The highest BCUT2D eigenvalue weighted by Gasteiger charge is 2.22. The summed E-state index contributed by atoms with van der Waals surface area (Å²) in [6, 6.07) is 14.4. The second-order valence-corrected chi connectivity index (χ2v) is 9.83. The fourth-order valence-corrected chi connectivity index (χ4v) is 4.95. The van der Waals surface area contributed by atoms with Gasteiger partial charge >= 0.3 is 0 Å². The van der Waals surface area contributed by atoms with Gasteiger partial charge in [-0.05, 0) is 35.9 Å². The largest absolute Gasteiger partial charge is 0.496 e. The zero-order valence-electron chi connectivity index (χ0n) is 22.1. The van der Waals surface area contributed by atoms with E-state index in [1.54, 1.807) is 49.6 Å². The minimum absolute atomic E-state index is 0.00212. The van der Waals surface area contributed by atoms with Crippen LogP contribution >= 0.6 is 11.6 Å². The van der Waals surface area contributed by atoms with Crippen LogP contribution in [0, 0.1) is 11.3 Å². The standard InChI is InChI=1S/C30H28ClN3O6/c1-34(9-10-35)30(36)19-3-5-22(26(14-19)37-2)27-15-24-29(40-27)28(23(31)17-33-24)18-4-6-25(20(13-18)16-32)39-21-7-11-38-12-8-21/h3-6,13-15,17,21,35H,7-12H2,1-2H3. The van der Waals surface area contributed by atoms with E-state index in [0.29, 0.717) is 74.4 Å². The molecule has 1 aliphatic heterocycles. The number of fused-ring (bicyclic) bond motifs is 1. The number of likely N-dealkylation sites (N-methyl/N-ethyl adjacent to an activating group) is 1. The fourth-order valence-electron chi connectivity index (χ4n) is 4.71. The van der Waals surface area contributed by atoms with Crippen LogP contribution in [0.1, 0.15) is 28.8 Å². The third-order valence-electron chi connectivity index (χ3n) is 6.84. The van der Waals surface area contributed by atoms with E-state index in [4.69, 9.17) is 35.3 Å². The van der Waals surface area contributed by atoms with Crippen molar-refractivity contribution in [1.29, 1.82) is 5.26 Å². The lowest BCUT2D eigenvalue weighted by molar-refractivity contribution is 0.0254. The Labute approximate surface area is 236 Å². The van der Waals surface area contributed by atoms with Crippen LogP contribution in [0.5, 0.6) is 11.5 Å². The maximum atomic E-state index is 12.7. The lowest BCUT2D eigenvalue weighted by Gasteiger charge is -2.24. The SMILES string of the molecule is COc1cc(C(=O)N(C)CCO)ccc1-c1cc2ncc(Cl)c(-c3ccc(OC4CCOCC4)c(C#N)c3)c2o1. The zero-order valence-corrected chi connectivity index (χ0v) is 22.9. The summed E-state index contributed by atoms with van der Waals surface area (Å²) in [5.41, 5.74) is 3.75. The van der Waals surface area contributed by atoms with E-state index >= 15 is 0 Å². The molecule has 1 fully saturated rings. The minimum atomic E-state index is -0.239. The van der Waals surface area contributed by atoms with E-state index in [0.717, 1.165) is 12.8 Å². The molecule has 1 saturated heterocycles. The number of ether oxygens (including phenoxy) is 3. The maximum absolute atomic E-state index is 12.7. The van der Waals surface area contributed by atoms with Crippen molar-refractivity contribution in [3.8, 4) is 40.0 Å². The first-order chi connectivity index (χ1) is 19.4. The van der Waals surface area contributed by atoms with Crippen molar-refractivity contribution >= 4 is 28.6 Å². The molecule has 9 nitrogen and oxygen atoms in total. The Balaban J connectivity index is 1.52. The number of carbonyl (C=O) groups excluding carboxylic acids is 1. The molecular weight excluding hydrogens is 534 g/mol. The van der Waals surface area contributed by atoms with E-state index in [2.05, 4.69) is 11.1 Å². The average molecular weight is 562 g/mol. The number of aromatic nitrogens is 1. The number of aliphatic hydroxyl groups is 1. The molecule has 40 heavy (non-hydrogen) atoms. The number of hydrogen-bond donors (Lipinski definition) is 1. The molecule has 2 aromatic carbocycles. The molecule has 1 aliphatic rings. The maximum Gasteiger partial charge on any atom is 0.253 e. The third-order valence-corrected chi connectivity index (χ3v) is 7.13.